The van der Waals surface area contributed by atoms with Crippen LogP contribution in [-0.2, 0) is 4.79 Å². The van der Waals surface area contributed by atoms with Crippen LogP contribution < -0.4 is 15.8 Å². The van der Waals surface area contributed by atoms with Crippen molar-refractivity contribution in [1.82, 2.24) is 9.97 Å². The summed E-state index contributed by atoms with van der Waals surface area (Å²) in [5.41, 5.74) is 6.22. The first-order valence-electron chi connectivity index (χ1n) is 7.30. The third-order valence-electron chi connectivity index (χ3n) is 3.43. The van der Waals surface area contributed by atoms with Crippen LogP contribution in [0, 0.1) is 0 Å². The number of hydrogen-bond acceptors (Lipinski definition) is 6. The fraction of sp³-hybridized carbons (Fsp3) is 0.0588. The van der Waals surface area contributed by atoms with Crippen molar-refractivity contribution in [2.24, 2.45) is 0 Å². The van der Waals surface area contributed by atoms with Crippen molar-refractivity contribution >= 4 is 34.2 Å². The molecule has 1 heterocycles. The van der Waals surface area contributed by atoms with Gasteiger partial charge in [-0.15, -0.1) is 0 Å². The van der Waals surface area contributed by atoms with Crippen LogP contribution in [0.4, 0.5) is 11.5 Å². The summed E-state index contributed by atoms with van der Waals surface area (Å²) in [6.45, 7) is -0.453. The lowest BCUT2D eigenvalue weighted by Gasteiger charge is -2.12. The van der Waals surface area contributed by atoms with Gasteiger partial charge in [0.1, 0.15) is 5.75 Å². The molecule has 3 aromatic rings. The molecule has 0 atom stereocenters. The van der Waals surface area contributed by atoms with Crippen molar-refractivity contribution < 1.29 is 19.4 Å². The Kier molecular flexibility index (Phi) is 4.42. The quantitative estimate of drug-likeness (QED) is 0.648. The maximum absolute atomic E-state index is 12.4. The number of ether oxygens (including phenoxy) is 1. The van der Waals surface area contributed by atoms with Gasteiger partial charge in [0.05, 0.1) is 0 Å². The summed E-state index contributed by atoms with van der Waals surface area (Å²) in [6, 6.07) is 10.4. The first kappa shape index (κ1) is 16.2. The molecule has 0 aliphatic heterocycles. The van der Waals surface area contributed by atoms with Gasteiger partial charge in [-0.25, -0.2) is 14.8 Å². The molecule has 8 nitrogen and oxygen atoms in total. The van der Waals surface area contributed by atoms with E-state index in [0.717, 1.165) is 0 Å². The Bertz CT molecular complexity index is 958. The number of nitrogens with two attached hydrogens (primary N) is 1. The second-order valence-corrected chi connectivity index (χ2v) is 5.08. The summed E-state index contributed by atoms with van der Waals surface area (Å²) in [4.78, 5) is 30.8. The minimum absolute atomic E-state index is 0.0257. The van der Waals surface area contributed by atoms with Crippen molar-refractivity contribution in [2.75, 3.05) is 17.7 Å². The van der Waals surface area contributed by atoms with Crippen LogP contribution in [0.1, 0.15) is 10.5 Å². The molecule has 0 aliphatic carbocycles. The van der Waals surface area contributed by atoms with E-state index >= 15 is 0 Å². The van der Waals surface area contributed by atoms with Crippen molar-refractivity contribution in [2.45, 2.75) is 0 Å². The van der Waals surface area contributed by atoms with E-state index in [9.17, 15) is 9.59 Å². The molecular weight excluding hydrogens is 324 g/mol. The fourth-order valence-electron chi connectivity index (χ4n) is 2.35. The van der Waals surface area contributed by atoms with Gasteiger partial charge in [0.15, 0.2) is 18.1 Å². The van der Waals surface area contributed by atoms with Crippen molar-refractivity contribution in [3.05, 3.63) is 54.5 Å². The number of fused-ring (bicyclic) bond motifs is 1. The number of nitrogens with zero attached hydrogens (tertiary/aromatic N) is 2. The van der Waals surface area contributed by atoms with Crippen LogP contribution in [0.2, 0.25) is 0 Å². The lowest BCUT2D eigenvalue weighted by molar-refractivity contribution is -0.139. The minimum atomic E-state index is -1.07. The highest BCUT2D eigenvalue weighted by atomic mass is 16.5. The van der Waals surface area contributed by atoms with Crippen LogP contribution in [-0.4, -0.2) is 33.6 Å². The lowest BCUT2D eigenvalue weighted by atomic mass is 10.1. The molecule has 8 heteroatoms. The molecule has 4 N–H and O–H groups in total. The number of amides is 1. The molecule has 0 radical (unpaired) electrons. The van der Waals surface area contributed by atoms with E-state index in [1.807, 2.05) is 0 Å². The van der Waals surface area contributed by atoms with E-state index in [-0.39, 0.29) is 11.5 Å². The molecule has 3 rings (SSSR count). The molecule has 2 aromatic carbocycles. The molecule has 0 saturated carbocycles. The van der Waals surface area contributed by atoms with E-state index in [1.165, 1.54) is 12.4 Å². The van der Waals surface area contributed by atoms with Gasteiger partial charge in [-0.2, -0.15) is 0 Å². The average Bonchev–Trinajstić information content (AvgIpc) is 2.61. The minimum Gasteiger partial charge on any atom is -0.481 e. The summed E-state index contributed by atoms with van der Waals surface area (Å²) in [5.74, 6) is -1.12. The van der Waals surface area contributed by atoms with E-state index < -0.39 is 18.5 Å². The monoisotopic (exact) mass is 338 g/mol. The van der Waals surface area contributed by atoms with Gasteiger partial charge in [-0.1, -0.05) is 24.3 Å². The maximum Gasteiger partial charge on any atom is 0.341 e. The van der Waals surface area contributed by atoms with Gasteiger partial charge in [0.2, 0.25) is 0 Å². The third-order valence-corrected chi connectivity index (χ3v) is 3.43. The number of hydrogen-bond donors (Lipinski definition) is 3. The first-order chi connectivity index (χ1) is 12.1. The van der Waals surface area contributed by atoms with Crippen LogP contribution >= 0.6 is 0 Å². The smallest absolute Gasteiger partial charge is 0.341 e. The predicted octanol–water partition coefficient (Wildman–Crippen LogP) is 1.93. The number of carbonyl (C=O) groups excluding carboxylic acids is 1. The Morgan fingerprint density at radius 3 is 2.52 bits per heavy atom. The Balaban J connectivity index is 1.95. The van der Waals surface area contributed by atoms with Crippen LogP contribution in [0.3, 0.4) is 0 Å². The van der Waals surface area contributed by atoms with Gasteiger partial charge in [0, 0.05) is 28.9 Å². The lowest BCUT2D eigenvalue weighted by Crippen LogP contribution is -2.17. The number of rotatable bonds is 5. The number of nitrogen functional groups attached to an aromatic ring is 1. The molecular formula is C17H14N4O4. The van der Waals surface area contributed by atoms with E-state index in [0.29, 0.717) is 22.2 Å². The topological polar surface area (TPSA) is 127 Å². The molecule has 126 valence electrons. The number of benzene rings is 2. The molecule has 0 bridgehead atoms. The summed E-state index contributed by atoms with van der Waals surface area (Å²) < 4.78 is 5.29. The van der Waals surface area contributed by atoms with Crippen LogP contribution in [0.25, 0.3) is 10.8 Å². The Morgan fingerprint density at radius 2 is 1.80 bits per heavy atom. The normalized spacial score (nSPS) is 10.4. The highest BCUT2D eigenvalue weighted by Gasteiger charge is 2.15. The highest BCUT2D eigenvalue weighted by molar-refractivity contribution is 6.10. The van der Waals surface area contributed by atoms with Crippen molar-refractivity contribution in [3.63, 3.8) is 0 Å². The largest absolute Gasteiger partial charge is 0.481 e. The Morgan fingerprint density at radius 1 is 1.08 bits per heavy atom. The molecule has 25 heavy (non-hydrogen) atoms. The summed E-state index contributed by atoms with van der Waals surface area (Å²) >= 11 is 0. The van der Waals surface area contributed by atoms with Crippen molar-refractivity contribution in [3.8, 4) is 5.75 Å². The SMILES string of the molecule is Nc1nccnc1C(=O)Nc1ccc(OCC(=O)O)c2ccccc12. The first-order valence-corrected chi connectivity index (χ1v) is 7.30. The predicted molar refractivity (Wildman–Crippen MR) is 91.5 cm³/mol. The number of aliphatic carboxylic acids is 1. The maximum atomic E-state index is 12.4. The van der Waals surface area contributed by atoms with E-state index in [1.54, 1.807) is 36.4 Å². The molecule has 0 fully saturated rings. The zero-order valence-electron chi connectivity index (χ0n) is 13.0. The van der Waals surface area contributed by atoms with Gasteiger partial charge in [-0.05, 0) is 12.1 Å². The average molecular weight is 338 g/mol. The van der Waals surface area contributed by atoms with Gasteiger partial charge in [-0.3, -0.25) is 4.79 Å². The Hall–Kier alpha value is -3.68. The Labute approximate surface area is 142 Å². The standard InChI is InChI=1S/C17H14N4O4/c18-16-15(19-7-8-20-16)17(24)21-12-5-6-13(25-9-14(22)23)11-4-2-1-3-10(11)12/h1-8H,9H2,(H2,18,20)(H,21,24)(H,22,23). The molecule has 1 aromatic heterocycles. The van der Waals surface area contributed by atoms with Gasteiger partial charge < -0.3 is 20.9 Å². The summed E-state index contributed by atoms with van der Waals surface area (Å²) in [7, 11) is 0. The van der Waals surface area contributed by atoms with E-state index in [4.69, 9.17) is 15.6 Å². The number of anilines is 2. The van der Waals surface area contributed by atoms with Crippen molar-refractivity contribution in [1.29, 1.82) is 0 Å². The van der Waals surface area contributed by atoms with E-state index in [2.05, 4.69) is 15.3 Å². The zero-order chi connectivity index (χ0) is 17.8. The van der Waals surface area contributed by atoms with Crippen LogP contribution in [0.15, 0.2) is 48.8 Å². The third kappa shape index (κ3) is 3.47. The molecule has 0 spiro atoms. The number of carboxylic acid groups (broad SMARTS) is 1. The number of carboxylic acids is 1. The summed E-state index contributed by atoms with van der Waals surface area (Å²) in [5, 5.41) is 12.9. The summed E-state index contributed by atoms with van der Waals surface area (Å²) in [6.07, 6.45) is 2.78. The second kappa shape index (κ2) is 6.83. The molecule has 1 amide bonds. The number of aromatic nitrogens is 2. The van der Waals surface area contributed by atoms with Gasteiger partial charge >= 0.3 is 5.97 Å². The zero-order valence-corrected chi connectivity index (χ0v) is 13.0. The van der Waals surface area contributed by atoms with Gasteiger partial charge in [0.25, 0.3) is 5.91 Å². The highest BCUT2D eigenvalue weighted by Crippen LogP contribution is 2.32. The van der Waals surface area contributed by atoms with Crippen LogP contribution in [0.5, 0.6) is 5.75 Å². The molecule has 0 saturated heterocycles. The number of carbonyl (C=O) groups is 2. The fourth-order valence-corrected chi connectivity index (χ4v) is 2.35. The molecule has 0 aliphatic rings. The number of nitrogens with one attached hydrogen (secondary N) is 1. The molecule has 0 unspecified atom stereocenters. The second-order valence-electron chi connectivity index (χ2n) is 5.08.